The van der Waals surface area contributed by atoms with Crippen molar-refractivity contribution in [3.63, 3.8) is 0 Å². The number of azide groups is 1. The maximum absolute atomic E-state index is 10.4. The van der Waals surface area contributed by atoms with Gasteiger partial charge in [-0.2, -0.15) is 0 Å². The Morgan fingerprint density at radius 3 is 2.53 bits per heavy atom. The van der Waals surface area contributed by atoms with E-state index in [1.807, 2.05) is 0 Å². The van der Waals surface area contributed by atoms with Gasteiger partial charge in [-0.1, -0.05) is 35.4 Å². The van der Waals surface area contributed by atoms with E-state index < -0.39 is 18.1 Å². The Labute approximate surface area is 85.4 Å². The minimum absolute atomic E-state index is 0.423. The summed E-state index contributed by atoms with van der Waals surface area (Å²) in [4.78, 5) is 12.9. The molecule has 1 aromatic carbocycles. The summed E-state index contributed by atoms with van der Waals surface area (Å²) in [6.45, 7) is 0. The van der Waals surface area contributed by atoms with Crippen LogP contribution in [-0.4, -0.2) is 17.2 Å². The van der Waals surface area contributed by atoms with E-state index in [0.717, 1.165) is 0 Å². The molecule has 6 heteroatoms. The molecule has 0 radical (unpaired) electrons. The molecule has 0 saturated carbocycles. The third kappa shape index (κ3) is 2.70. The van der Waals surface area contributed by atoms with Crippen LogP contribution in [0.1, 0.15) is 11.6 Å². The zero-order valence-electron chi connectivity index (χ0n) is 7.65. The molecule has 0 aliphatic heterocycles. The van der Waals surface area contributed by atoms with Crippen molar-refractivity contribution >= 4 is 5.97 Å². The predicted octanol–water partition coefficient (Wildman–Crippen LogP) is 0.149. The van der Waals surface area contributed by atoms with E-state index in [2.05, 4.69) is 10.0 Å². The van der Waals surface area contributed by atoms with Crippen LogP contribution in [0.5, 0.6) is 0 Å². The van der Waals surface area contributed by atoms with E-state index >= 15 is 0 Å². The van der Waals surface area contributed by atoms with Crippen LogP contribution in [0.4, 0.5) is 0 Å². The van der Waals surface area contributed by atoms with Gasteiger partial charge in [0.05, 0.1) is 12.0 Å². The summed E-state index contributed by atoms with van der Waals surface area (Å²) >= 11 is 0. The van der Waals surface area contributed by atoms with Gasteiger partial charge in [-0.3, -0.25) is 0 Å². The Hall–Kier alpha value is -2.04. The number of carboxylic acids is 1. The summed E-state index contributed by atoms with van der Waals surface area (Å²) in [5, 5.41) is 22.9. The van der Waals surface area contributed by atoms with Crippen LogP contribution in [0.25, 0.3) is 10.4 Å². The van der Waals surface area contributed by atoms with Crippen LogP contribution < -0.4 is 5.11 Å². The number of carbonyl (C=O) groups is 1. The molecule has 1 N–H and O–H groups in total. The number of hydrogen-bond donors (Lipinski definition) is 1. The Bertz CT molecular complexity index is 387. The lowest BCUT2D eigenvalue weighted by Crippen LogP contribution is -2.38. The van der Waals surface area contributed by atoms with Crippen LogP contribution in [0.2, 0.25) is 0 Å². The van der Waals surface area contributed by atoms with Crippen LogP contribution in [0.15, 0.2) is 35.4 Å². The number of carbonyl (C=O) groups excluding carboxylic acids is 1. The second-order valence-electron chi connectivity index (χ2n) is 2.82. The number of nitrogens with zero attached hydrogens (tertiary/aromatic N) is 3. The topological polar surface area (TPSA) is 109 Å². The lowest BCUT2D eigenvalue weighted by Gasteiger charge is -2.19. The highest BCUT2D eigenvalue weighted by Gasteiger charge is 2.20. The summed E-state index contributed by atoms with van der Waals surface area (Å²) < 4.78 is 0. The Morgan fingerprint density at radius 2 is 2.07 bits per heavy atom. The average Bonchev–Trinajstić information content (AvgIpc) is 2.26. The summed E-state index contributed by atoms with van der Waals surface area (Å²) in [7, 11) is 0. The molecule has 2 atom stereocenters. The molecule has 0 bridgehead atoms. The molecule has 0 fully saturated rings. The average molecular weight is 206 g/mol. The highest BCUT2D eigenvalue weighted by Crippen LogP contribution is 2.21. The number of carboxylic acid groups (broad SMARTS) is 1. The minimum Gasteiger partial charge on any atom is -0.547 e. The molecule has 1 rings (SSSR count). The second-order valence-corrected chi connectivity index (χ2v) is 2.82. The number of hydrogen-bond acceptors (Lipinski definition) is 4. The minimum atomic E-state index is -1.84. The maximum Gasteiger partial charge on any atom is 0.106 e. The molecule has 0 heterocycles. The third-order valence-corrected chi connectivity index (χ3v) is 1.86. The van der Waals surface area contributed by atoms with Crippen LogP contribution in [-0.2, 0) is 4.79 Å². The smallest absolute Gasteiger partial charge is 0.106 e. The quantitative estimate of drug-likeness (QED) is 0.430. The maximum atomic E-state index is 10.4. The Balaban J connectivity index is 3.03. The monoisotopic (exact) mass is 206 g/mol. The van der Waals surface area contributed by atoms with Crippen molar-refractivity contribution in [1.82, 2.24) is 0 Å². The van der Waals surface area contributed by atoms with Crippen LogP contribution >= 0.6 is 0 Å². The number of aliphatic hydroxyl groups excluding tert-OH is 1. The predicted molar refractivity (Wildman–Crippen MR) is 49.3 cm³/mol. The van der Waals surface area contributed by atoms with Gasteiger partial charge in [0.1, 0.15) is 6.10 Å². The largest absolute Gasteiger partial charge is 0.547 e. The standard InChI is InChI=1S/C9H9N3O3/c10-12-11-7(8(13)9(14)15)6-4-2-1-3-5-6/h1-5,7-8,13H,(H,14,15)/p-1. The first-order valence-electron chi connectivity index (χ1n) is 4.15. The molecule has 1 aromatic rings. The van der Waals surface area contributed by atoms with Crippen LogP contribution in [0.3, 0.4) is 0 Å². The van der Waals surface area contributed by atoms with Crippen molar-refractivity contribution < 1.29 is 15.0 Å². The van der Waals surface area contributed by atoms with Crippen molar-refractivity contribution in [3.8, 4) is 0 Å². The molecule has 0 spiro atoms. The van der Waals surface area contributed by atoms with Gasteiger partial charge in [0.15, 0.2) is 0 Å². The van der Waals surface area contributed by atoms with Crippen molar-refractivity contribution in [1.29, 1.82) is 0 Å². The molecule has 6 nitrogen and oxygen atoms in total. The fourth-order valence-electron chi connectivity index (χ4n) is 1.15. The van der Waals surface area contributed by atoms with E-state index in [9.17, 15) is 15.0 Å². The molecule has 15 heavy (non-hydrogen) atoms. The van der Waals surface area contributed by atoms with Gasteiger partial charge in [-0.15, -0.1) is 0 Å². The van der Waals surface area contributed by atoms with Gasteiger partial charge in [-0.05, 0) is 11.1 Å². The van der Waals surface area contributed by atoms with E-state index in [1.54, 1.807) is 30.3 Å². The molecular weight excluding hydrogens is 198 g/mol. The lowest BCUT2D eigenvalue weighted by molar-refractivity contribution is -0.315. The highest BCUT2D eigenvalue weighted by atomic mass is 16.4. The zero-order valence-corrected chi connectivity index (χ0v) is 7.65. The first kappa shape index (κ1) is 11.0. The van der Waals surface area contributed by atoms with E-state index in [0.29, 0.717) is 5.56 Å². The van der Waals surface area contributed by atoms with E-state index in [4.69, 9.17) is 5.53 Å². The highest BCUT2D eigenvalue weighted by molar-refractivity contribution is 5.71. The molecule has 0 aliphatic rings. The van der Waals surface area contributed by atoms with Gasteiger partial charge in [0.25, 0.3) is 0 Å². The third-order valence-electron chi connectivity index (χ3n) is 1.86. The van der Waals surface area contributed by atoms with Gasteiger partial charge >= 0.3 is 0 Å². The number of rotatable bonds is 4. The number of aliphatic hydroxyl groups is 1. The number of aliphatic carboxylic acids is 1. The summed E-state index contributed by atoms with van der Waals surface area (Å²) in [5.74, 6) is -1.67. The van der Waals surface area contributed by atoms with Crippen molar-refractivity contribution in [2.24, 2.45) is 5.11 Å². The van der Waals surface area contributed by atoms with E-state index in [-0.39, 0.29) is 0 Å². The summed E-state index contributed by atoms with van der Waals surface area (Å²) in [5.41, 5.74) is 8.69. The van der Waals surface area contributed by atoms with Gasteiger partial charge in [0.2, 0.25) is 0 Å². The van der Waals surface area contributed by atoms with Crippen molar-refractivity contribution in [2.75, 3.05) is 0 Å². The molecule has 2 unspecified atom stereocenters. The van der Waals surface area contributed by atoms with E-state index in [1.165, 1.54) is 0 Å². The van der Waals surface area contributed by atoms with Crippen molar-refractivity contribution in [3.05, 3.63) is 46.3 Å². The fraction of sp³-hybridized carbons (Fsp3) is 0.222. The molecule has 0 aliphatic carbocycles. The van der Waals surface area contributed by atoms with Crippen molar-refractivity contribution in [2.45, 2.75) is 12.1 Å². The van der Waals surface area contributed by atoms with Crippen LogP contribution in [0, 0.1) is 0 Å². The first-order valence-corrected chi connectivity index (χ1v) is 4.15. The number of benzene rings is 1. The summed E-state index contributed by atoms with van der Waals surface area (Å²) in [6.07, 6.45) is -1.84. The van der Waals surface area contributed by atoms with Gasteiger partial charge < -0.3 is 15.0 Å². The van der Waals surface area contributed by atoms with Gasteiger partial charge in [0, 0.05) is 4.91 Å². The SMILES string of the molecule is [N-]=[N+]=NC(c1ccccc1)C(O)C(=O)[O-]. The summed E-state index contributed by atoms with van der Waals surface area (Å²) in [6, 6.07) is 6.98. The Kier molecular flexibility index (Phi) is 3.68. The molecule has 0 saturated heterocycles. The normalized spacial score (nSPS) is 13.7. The molecule has 0 amide bonds. The first-order chi connectivity index (χ1) is 7.16. The molecular formula is C9H8N3O3-. The molecule has 0 aromatic heterocycles. The van der Waals surface area contributed by atoms with Gasteiger partial charge in [-0.25, -0.2) is 0 Å². The molecule has 78 valence electrons. The Morgan fingerprint density at radius 1 is 1.47 bits per heavy atom. The zero-order chi connectivity index (χ0) is 11.3. The fourth-order valence-corrected chi connectivity index (χ4v) is 1.15. The lowest BCUT2D eigenvalue weighted by atomic mass is 10.0. The second kappa shape index (κ2) is 4.99.